The fraction of sp³-hybridized carbons (Fsp3) is 0.107. The van der Waals surface area contributed by atoms with Gasteiger partial charge in [-0.2, -0.15) is 5.26 Å². The zero-order valence-corrected chi connectivity index (χ0v) is 20.3. The monoisotopic (exact) mass is 481 g/mol. The number of nitrogens with zero attached hydrogens (tertiary/aromatic N) is 2. The molecular formula is C28H23N3O3S. The smallest absolute Gasteiger partial charge is 0.273 e. The molecule has 0 radical (unpaired) electrons. The van der Waals surface area contributed by atoms with E-state index in [1.165, 1.54) is 4.57 Å². The van der Waals surface area contributed by atoms with Crippen molar-refractivity contribution >= 4 is 34.6 Å². The van der Waals surface area contributed by atoms with Gasteiger partial charge in [-0.15, -0.1) is 11.3 Å². The van der Waals surface area contributed by atoms with E-state index in [4.69, 9.17) is 4.74 Å². The minimum absolute atomic E-state index is 0.136. The highest BCUT2D eigenvalue weighted by Gasteiger charge is 2.17. The second-order valence-electron chi connectivity index (χ2n) is 7.91. The molecule has 0 bridgehead atoms. The maximum absolute atomic E-state index is 13.5. The molecule has 1 N–H and O–H groups in total. The van der Waals surface area contributed by atoms with Crippen LogP contribution in [0.15, 0.2) is 77.6 Å². The lowest BCUT2D eigenvalue weighted by atomic mass is 10.1. The van der Waals surface area contributed by atoms with Crippen LogP contribution in [-0.2, 0) is 4.79 Å². The van der Waals surface area contributed by atoms with Crippen molar-refractivity contribution in [3.63, 3.8) is 0 Å². The quantitative estimate of drug-likeness (QED) is 0.472. The molecule has 0 fully saturated rings. The number of hydrogen-bond acceptors (Lipinski definition) is 5. The lowest BCUT2D eigenvalue weighted by molar-refractivity contribution is -0.111. The second kappa shape index (κ2) is 10.2. The minimum Gasteiger partial charge on any atom is -0.497 e. The van der Waals surface area contributed by atoms with Crippen molar-refractivity contribution in [1.29, 1.82) is 5.26 Å². The van der Waals surface area contributed by atoms with Crippen LogP contribution in [0.5, 0.6) is 5.75 Å². The van der Waals surface area contributed by atoms with Gasteiger partial charge in [0.05, 0.1) is 17.3 Å². The lowest BCUT2D eigenvalue weighted by Crippen LogP contribution is -2.32. The number of nitrogens with one attached hydrogen (secondary N) is 1. The van der Waals surface area contributed by atoms with E-state index < -0.39 is 5.91 Å². The summed E-state index contributed by atoms with van der Waals surface area (Å²) in [5.74, 6) is 0.136. The first-order chi connectivity index (χ1) is 16.9. The van der Waals surface area contributed by atoms with E-state index in [-0.39, 0.29) is 15.8 Å². The zero-order valence-electron chi connectivity index (χ0n) is 19.5. The first kappa shape index (κ1) is 23.7. The molecule has 174 valence electrons. The molecule has 35 heavy (non-hydrogen) atoms. The van der Waals surface area contributed by atoms with Crippen LogP contribution < -0.4 is 24.8 Å². The van der Waals surface area contributed by atoms with Gasteiger partial charge in [-0.3, -0.25) is 14.2 Å². The molecule has 0 aliphatic carbocycles. The lowest BCUT2D eigenvalue weighted by Gasteiger charge is -2.07. The fourth-order valence-electron chi connectivity index (χ4n) is 3.52. The Morgan fingerprint density at radius 2 is 1.74 bits per heavy atom. The Morgan fingerprint density at radius 3 is 2.37 bits per heavy atom. The number of amides is 1. The van der Waals surface area contributed by atoms with Gasteiger partial charge in [-0.05, 0) is 73.0 Å². The number of nitriles is 1. The summed E-state index contributed by atoms with van der Waals surface area (Å²) in [6.45, 7) is 3.94. The molecule has 7 heteroatoms. The number of para-hydroxylation sites is 1. The number of ether oxygens (including phenoxy) is 1. The Morgan fingerprint density at radius 1 is 1.03 bits per heavy atom. The van der Waals surface area contributed by atoms with Gasteiger partial charge < -0.3 is 10.1 Å². The third-order valence-electron chi connectivity index (χ3n) is 5.57. The Balaban J connectivity index is 1.91. The van der Waals surface area contributed by atoms with Gasteiger partial charge in [0.1, 0.15) is 16.5 Å². The summed E-state index contributed by atoms with van der Waals surface area (Å²) in [4.78, 5) is 26.6. The number of aromatic nitrogens is 1. The van der Waals surface area contributed by atoms with Gasteiger partial charge in [0, 0.05) is 5.69 Å². The summed E-state index contributed by atoms with van der Waals surface area (Å²) in [7, 11) is 1.59. The molecule has 0 unspecified atom stereocenters. The Kier molecular flexibility index (Phi) is 6.95. The van der Waals surface area contributed by atoms with Crippen LogP contribution in [0, 0.1) is 25.2 Å². The number of aryl methyl sites for hydroxylation is 2. The van der Waals surface area contributed by atoms with Crippen LogP contribution in [0.4, 0.5) is 5.69 Å². The predicted molar refractivity (Wildman–Crippen MR) is 139 cm³/mol. The summed E-state index contributed by atoms with van der Waals surface area (Å²) in [6.07, 6.45) is 1.74. The van der Waals surface area contributed by atoms with Crippen molar-refractivity contribution in [2.45, 2.75) is 13.8 Å². The Bertz CT molecular complexity index is 1610. The Labute approximate surface area is 206 Å². The molecule has 0 saturated heterocycles. The van der Waals surface area contributed by atoms with Crippen molar-refractivity contribution in [1.82, 2.24) is 4.57 Å². The molecule has 0 aliphatic rings. The van der Waals surface area contributed by atoms with Crippen molar-refractivity contribution < 1.29 is 9.53 Å². The topological polar surface area (TPSA) is 84.1 Å². The molecule has 1 amide bonds. The van der Waals surface area contributed by atoms with Crippen LogP contribution in [0.25, 0.3) is 17.3 Å². The van der Waals surface area contributed by atoms with Gasteiger partial charge in [0.2, 0.25) is 0 Å². The number of methoxy groups -OCH3 is 1. The Hall–Kier alpha value is -4.41. The third-order valence-corrected chi connectivity index (χ3v) is 6.66. The van der Waals surface area contributed by atoms with Crippen LogP contribution in [-0.4, -0.2) is 17.6 Å². The molecule has 0 aliphatic heterocycles. The SMILES string of the molecule is COc1ccc(/C=c2/s/c(=C(\C#N)C(=O)Nc3ccc(C)c(C)c3)n(-c3ccccc3)c2=O)cc1. The highest BCUT2D eigenvalue weighted by atomic mass is 32.1. The molecule has 4 rings (SSSR count). The maximum atomic E-state index is 13.5. The van der Waals surface area contributed by atoms with E-state index in [9.17, 15) is 14.9 Å². The molecule has 4 aromatic rings. The number of carbonyl (C=O) groups excluding carboxylic acids is 1. The summed E-state index contributed by atoms with van der Waals surface area (Å²) in [5.41, 5.74) is 3.64. The molecule has 1 heterocycles. The van der Waals surface area contributed by atoms with E-state index in [0.717, 1.165) is 28.0 Å². The number of carbonyl (C=O) groups is 1. The summed E-state index contributed by atoms with van der Waals surface area (Å²) < 4.78 is 7.29. The van der Waals surface area contributed by atoms with Crippen molar-refractivity contribution in [2.24, 2.45) is 0 Å². The zero-order chi connectivity index (χ0) is 24.9. The van der Waals surface area contributed by atoms with Gasteiger partial charge in [-0.1, -0.05) is 36.4 Å². The second-order valence-corrected chi connectivity index (χ2v) is 8.94. The summed E-state index contributed by atoms with van der Waals surface area (Å²) >= 11 is 1.11. The summed E-state index contributed by atoms with van der Waals surface area (Å²) in [6, 6.07) is 23.8. The molecule has 0 saturated carbocycles. The van der Waals surface area contributed by atoms with E-state index in [1.54, 1.807) is 55.7 Å². The standard InChI is InChI=1S/C28H23N3O3S/c1-18-9-12-21(15-19(18)2)30-26(32)24(17-29)28-31(22-7-5-4-6-8-22)27(33)25(35-28)16-20-10-13-23(34-3)14-11-20/h4-16H,1-3H3,(H,30,32)/b25-16+,28-24+. The first-order valence-corrected chi connectivity index (χ1v) is 11.7. The molecule has 0 spiro atoms. The third kappa shape index (κ3) is 5.08. The fourth-order valence-corrected chi connectivity index (χ4v) is 4.62. The van der Waals surface area contributed by atoms with Crippen molar-refractivity contribution in [3.05, 3.63) is 109 Å². The highest BCUT2D eigenvalue weighted by Crippen LogP contribution is 2.15. The number of hydrogen-bond donors (Lipinski definition) is 1. The average molecular weight is 482 g/mol. The van der Waals surface area contributed by atoms with Crippen LogP contribution in [0.3, 0.4) is 0 Å². The first-order valence-electron chi connectivity index (χ1n) is 10.9. The van der Waals surface area contributed by atoms with Crippen molar-refractivity contribution in [3.8, 4) is 17.5 Å². The van der Waals surface area contributed by atoms with Crippen LogP contribution >= 0.6 is 11.3 Å². The number of benzene rings is 3. The molecule has 3 aromatic carbocycles. The van der Waals surface area contributed by atoms with Gasteiger partial charge in [-0.25, -0.2) is 0 Å². The molecule has 1 aromatic heterocycles. The molecule has 0 atom stereocenters. The van der Waals surface area contributed by atoms with Gasteiger partial charge in [0.15, 0.2) is 5.57 Å². The largest absolute Gasteiger partial charge is 0.497 e. The highest BCUT2D eigenvalue weighted by molar-refractivity contribution is 7.07. The van der Waals surface area contributed by atoms with E-state index in [0.29, 0.717) is 21.7 Å². The minimum atomic E-state index is -0.572. The molecule has 6 nitrogen and oxygen atoms in total. The predicted octanol–water partition coefficient (Wildman–Crippen LogP) is 3.67. The van der Waals surface area contributed by atoms with Crippen molar-refractivity contribution in [2.75, 3.05) is 12.4 Å². The van der Waals surface area contributed by atoms with Gasteiger partial charge in [0.25, 0.3) is 11.5 Å². The number of anilines is 1. The maximum Gasteiger partial charge on any atom is 0.273 e. The normalized spacial score (nSPS) is 12.1. The summed E-state index contributed by atoms with van der Waals surface area (Å²) in [5, 5.41) is 12.8. The average Bonchev–Trinajstić information content (AvgIpc) is 3.18. The molecular weight excluding hydrogens is 458 g/mol. The number of rotatable bonds is 5. The van der Waals surface area contributed by atoms with Crippen LogP contribution in [0.2, 0.25) is 0 Å². The van der Waals surface area contributed by atoms with E-state index >= 15 is 0 Å². The van der Waals surface area contributed by atoms with E-state index in [1.807, 2.05) is 50.2 Å². The van der Waals surface area contributed by atoms with Crippen LogP contribution in [0.1, 0.15) is 16.7 Å². The van der Waals surface area contributed by atoms with E-state index in [2.05, 4.69) is 5.32 Å². The number of thiazole rings is 1. The van der Waals surface area contributed by atoms with Gasteiger partial charge >= 0.3 is 0 Å².